The van der Waals surface area contributed by atoms with Crippen LogP contribution in [0.4, 0.5) is 21.0 Å². The van der Waals surface area contributed by atoms with Gasteiger partial charge in [-0.25, -0.2) is 14.4 Å². The number of urea groups is 2. The van der Waals surface area contributed by atoms with Gasteiger partial charge in [0.15, 0.2) is 6.17 Å². The largest absolute Gasteiger partial charge is 0.480 e. The van der Waals surface area contributed by atoms with Crippen molar-refractivity contribution in [3.8, 4) is 0 Å². The first-order valence-corrected chi connectivity index (χ1v) is 9.40. The van der Waals surface area contributed by atoms with Gasteiger partial charge in [-0.2, -0.15) is 5.06 Å². The fourth-order valence-corrected chi connectivity index (χ4v) is 3.74. The van der Waals surface area contributed by atoms with Crippen molar-refractivity contribution in [2.75, 3.05) is 10.2 Å². The molecule has 158 valence electrons. The molecule has 9 nitrogen and oxygen atoms in total. The average Bonchev–Trinajstić information content (AvgIpc) is 2.93. The third kappa shape index (κ3) is 3.67. The zero-order chi connectivity index (χ0) is 22.1. The number of benzene rings is 2. The van der Waals surface area contributed by atoms with Crippen LogP contribution in [0.1, 0.15) is 20.8 Å². The number of nitrogens with one attached hydrogen (secondary N) is 1. The third-order valence-corrected chi connectivity index (χ3v) is 5.15. The first kappa shape index (κ1) is 21.1. The highest BCUT2D eigenvalue weighted by Crippen LogP contribution is 2.39. The summed E-state index contributed by atoms with van der Waals surface area (Å²) in [6.45, 7) is 4.60. The summed E-state index contributed by atoms with van der Waals surface area (Å²) in [5.41, 5.74) is -0.342. The summed E-state index contributed by atoms with van der Waals surface area (Å²) in [6, 6.07) is 14.4. The maximum atomic E-state index is 13.3. The number of aliphatic carboxylic acids is 1. The van der Waals surface area contributed by atoms with E-state index >= 15 is 0 Å². The van der Waals surface area contributed by atoms with Crippen LogP contribution >= 0.6 is 0 Å². The van der Waals surface area contributed by atoms with Crippen molar-refractivity contribution in [1.82, 2.24) is 9.96 Å². The number of carboxylic acid groups (broad SMARTS) is 1. The van der Waals surface area contributed by atoms with Crippen molar-refractivity contribution in [2.45, 2.75) is 38.5 Å². The van der Waals surface area contributed by atoms with Gasteiger partial charge in [0.2, 0.25) is 0 Å². The number of hydrogen-bond acceptors (Lipinski definition) is 4. The van der Waals surface area contributed by atoms with Crippen LogP contribution in [0.3, 0.4) is 0 Å². The topological polar surface area (TPSA) is 113 Å². The Morgan fingerprint density at radius 3 is 2.13 bits per heavy atom. The SMILES string of the molecule is C[C@@H](C(=O)O)N1C(=O)N(c2ccccc2)[C@H](N(O)C(=O)Nc2ccccc2)C1(C)C. The minimum Gasteiger partial charge on any atom is -0.480 e. The fraction of sp³-hybridized carbons (Fsp3) is 0.286. The molecular weight excluding hydrogens is 388 g/mol. The first-order chi connectivity index (χ1) is 14.2. The third-order valence-electron chi connectivity index (χ3n) is 5.15. The molecule has 2 atom stereocenters. The van der Waals surface area contributed by atoms with Crippen LogP contribution in [0.25, 0.3) is 0 Å². The number of hydrogen-bond donors (Lipinski definition) is 3. The van der Waals surface area contributed by atoms with E-state index in [1.165, 1.54) is 11.8 Å². The average molecular weight is 412 g/mol. The molecule has 1 aliphatic heterocycles. The lowest BCUT2D eigenvalue weighted by molar-refractivity contribution is -0.145. The zero-order valence-corrected chi connectivity index (χ0v) is 16.9. The van der Waals surface area contributed by atoms with Gasteiger partial charge in [-0.15, -0.1) is 0 Å². The van der Waals surface area contributed by atoms with Crippen LogP contribution in [-0.2, 0) is 4.79 Å². The quantitative estimate of drug-likeness (QED) is 0.514. The van der Waals surface area contributed by atoms with Crippen molar-refractivity contribution in [3.63, 3.8) is 0 Å². The molecule has 1 saturated heterocycles. The molecule has 0 bridgehead atoms. The highest BCUT2D eigenvalue weighted by molar-refractivity contribution is 5.99. The summed E-state index contributed by atoms with van der Waals surface area (Å²) < 4.78 is 0. The highest BCUT2D eigenvalue weighted by Gasteiger charge is 2.58. The number of nitrogens with zero attached hydrogens (tertiary/aromatic N) is 3. The van der Waals surface area contributed by atoms with Gasteiger partial charge in [-0.05, 0) is 45.0 Å². The van der Waals surface area contributed by atoms with Gasteiger partial charge in [0.1, 0.15) is 6.04 Å². The van der Waals surface area contributed by atoms with E-state index < -0.39 is 35.8 Å². The van der Waals surface area contributed by atoms with E-state index in [9.17, 15) is 24.7 Å². The number of amides is 4. The number of hydroxylamine groups is 2. The van der Waals surface area contributed by atoms with Gasteiger partial charge in [-0.3, -0.25) is 10.1 Å². The first-order valence-electron chi connectivity index (χ1n) is 9.40. The molecule has 9 heteroatoms. The maximum absolute atomic E-state index is 13.3. The Morgan fingerprint density at radius 1 is 1.07 bits per heavy atom. The van der Waals surface area contributed by atoms with E-state index in [1.807, 2.05) is 0 Å². The maximum Gasteiger partial charge on any atom is 0.347 e. The summed E-state index contributed by atoms with van der Waals surface area (Å²) in [7, 11) is 0. The van der Waals surface area contributed by atoms with Gasteiger partial charge in [0, 0.05) is 11.4 Å². The van der Waals surface area contributed by atoms with Crippen molar-refractivity contribution >= 4 is 29.4 Å². The number of carbonyl (C=O) groups is 3. The Labute approximate surface area is 174 Å². The van der Waals surface area contributed by atoms with E-state index in [1.54, 1.807) is 74.5 Å². The summed E-state index contributed by atoms with van der Waals surface area (Å²) >= 11 is 0. The van der Waals surface area contributed by atoms with Crippen LogP contribution in [0, 0.1) is 0 Å². The van der Waals surface area contributed by atoms with Crippen molar-refractivity contribution < 1.29 is 24.7 Å². The molecule has 0 aromatic heterocycles. The predicted octanol–water partition coefficient (Wildman–Crippen LogP) is 3.43. The van der Waals surface area contributed by atoms with Gasteiger partial charge in [0.25, 0.3) is 0 Å². The smallest absolute Gasteiger partial charge is 0.347 e. The number of carbonyl (C=O) groups excluding carboxylic acids is 2. The van der Waals surface area contributed by atoms with Crippen LogP contribution in [0.15, 0.2) is 60.7 Å². The van der Waals surface area contributed by atoms with E-state index in [4.69, 9.17) is 0 Å². The zero-order valence-electron chi connectivity index (χ0n) is 16.9. The molecule has 0 unspecified atom stereocenters. The molecule has 2 aromatic rings. The number of para-hydroxylation sites is 2. The van der Waals surface area contributed by atoms with Crippen LogP contribution in [0.2, 0.25) is 0 Å². The second-order valence-electron chi connectivity index (χ2n) is 7.54. The Kier molecular flexibility index (Phi) is 5.66. The molecular formula is C21H24N4O5. The standard InChI is InChI=1S/C21H24N4O5/c1-14(17(26)27)24-20(29)23(16-12-8-5-9-13-16)18(21(24,2)3)25(30)19(28)22-15-10-6-4-7-11-15/h4-14,18,30H,1-3H3,(H,22,28)(H,26,27)/t14-,18+/m0/s1. The molecule has 0 spiro atoms. The van der Waals surface area contributed by atoms with E-state index in [2.05, 4.69) is 5.32 Å². The molecule has 1 fully saturated rings. The molecule has 0 saturated carbocycles. The Morgan fingerprint density at radius 2 is 1.60 bits per heavy atom. The Hall–Kier alpha value is -3.59. The van der Waals surface area contributed by atoms with Crippen LogP contribution in [0.5, 0.6) is 0 Å². The summed E-state index contributed by atoms with van der Waals surface area (Å²) in [5.74, 6) is -1.19. The van der Waals surface area contributed by atoms with E-state index in [-0.39, 0.29) is 0 Å². The number of anilines is 2. The molecule has 1 heterocycles. The molecule has 3 N–H and O–H groups in total. The lowest BCUT2D eigenvalue weighted by Gasteiger charge is -2.39. The van der Waals surface area contributed by atoms with Gasteiger partial charge in [-0.1, -0.05) is 36.4 Å². The predicted molar refractivity (Wildman–Crippen MR) is 110 cm³/mol. The minimum absolute atomic E-state index is 0.423. The molecule has 4 amide bonds. The molecule has 30 heavy (non-hydrogen) atoms. The summed E-state index contributed by atoms with van der Waals surface area (Å²) in [6.07, 6.45) is -1.18. The second-order valence-corrected chi connectivity index (χ2v) is 7.54. The van der Waals surface area contributed by atoms with Gasteiger partial charge < -0.3 is 15.3 Å². The van der Waals surface area contributed by atoms with Crippen molar-refractivity contribution in [3.05, 3.63) is 60.7 Å². The second kappa shape index (κ2) is 8.03. The molecule has 1 aliphatic rings. The van der Waals surface area contributed by atoms with Crippen molar-refractivity contribution in [2.24, 2.45) is 0 Å². The highest BCUT2D eigenvalue weighted by atomic mass is 16.5. The minimum atomic E-state index is -1.23. The van der Waals surface area contributed by atoms with Crippen LogP contribution < -0.4 is 10.2 Å². The van der Waals surface area contributed by atoms with E-state index in [0.29, 0.717) is 16.4 Å². The van der Waals surface area contributed by atoms with Crippen LogP contribution in [-0.4, -0.2) is 56.1 Å². The lowest BCUT2D eigenvalue weighted by Crippen LogP contribution is -2.59. The van der Waals surface area contributed by atoms with Gasteiger partial charge in [0.05, 0.1) is 5.54 Å². The number of carboxylic acids is 1. The van der Waals surface area contributed by atoms with Crippen molar-refractivity contribution in [1.29, 1.82) is 0 Å². The fourth-order valence-electron chi connectivity index (χ4n) is 3.74. The lowest BCUT2D eigenvalue weighted by atomic mass is 9.98. The summed E-state index contributed by atoms with van der Waals surface area (Å²) in [5, 5.41) is 23.4. The van der Waals surface area contributed by atoms with E-state index in [0.717, 1.165) is 4.90 Å². The summed E-state index contributed by atoms with van der Waals surface area (Å²) in [4.78, 5) is 40.1. The molecule has 2 aromatic carbocycles. The van der Waals surface area contributed by atoms with Gasteiger partial charge >= 0.3 is 18.0 Å². The number of rotatable bonds is 5. The molecule has 0 radical (unpaired) electrons. The Bertz CT molecular complexity index is 935. The Balaban J connectivity index is 2.02. The normalized spacial score (nSPS) is 18.8. The molecule has 0 aliphatic carbocycles. The molecule has 3 rings (SSSR count). The monoisotopic (exact) mass is 412 g/mol.